The van der Waals surface area contributed by atoms with Crippen LogP contribution in [-0.2, 0) is 9.53 Å². The van der Waals surface area contributed by atoms with Crippen LogP contribution in [0.2, 0.25) is 0 Å². The lowest BCUT2D eigenvalue weighted by atomic mass is 10.1. The van der Waals surface area contributed by atoms with Gasteiger partial charge in [-0.15, -0.1) is 0 Å². The summed E-state index contributed by atoms with van der Waals surface area (Å²) in [5, 5.41) is 8.58. The van der Waals surface area contributed by atoms with Crippen molar-refractivity contribution in [2.24, 2.45) is 0 Å². The van der Waals surface area contributed by atoms with Crippen LogP contribution in [-0.4, -0.2) is 48.3 Å². The van der Waals surface area contributed by atoms with E-state index in [-0.39, 0.29) is 12.5 Å². The molecule has 0 bridgehead atoms. The minimum atomic E-state index is -0.793. The molecule has 1 aromatic carbocycles. The summed E-state index contributed by atoms with van der Waals surface area (Å²) in [6.45, 7) is 3.30. The molecule has 1 aliphatic heterocycles. The Hall–Kier alpha value is -1.65. The molecule has 4 nitrogen and oxygen atoms in total. The van der Waals surface area contributed by atoms with Gasteiger partial charge in [0.05, 0.1) is 19.1 Å². The molecule has 21 heavy (non-hydrogen) atoms. The number of hydrogen-bond donors (Lipinski definition) is 1. The van der Waals surface area contributed by atoms with Crippen LogP contribution in [0.5, 0.6) is 0 Å². The Morgan fingerprint density at radius 2 is 2.00 bits per heavy atom. The number of ether oxygens (including phenoxy) is 1. The zero-order valence-corrected chi connectivity index (χ0v) is 12.3. The zero-order chi connectivity index (χ0) is 14.9. The highest BCUT2D eigenvalue weighted by Gasteiger charge is 2.18. The molecule has 0 atom stereocenters. The van der Waals surface area contributed by atoms with Gasteiger partial charge in [-0.3, -0.25) is 9.69 Å². The SMILES string of the molecule is O=C(O)CCOC1CCN(CC=Cc2ccccc2)CC1. The topological polar surface area (TPSA) is 49.8 Å². The third kappa shape index (κ3) is 6.10. The van der Waals surface area contributed by atoms with Crippen LogP contribution in [0.1, 0.15) is 24.8 Å². The van der Waals surface area contributed by atoms with Crippen molar-refractivity contribution >= 4 is 12.0 Å². The van der Waals surface area contributed by atoms with Crippen molar-refractivity contribution in [2.75, 3.05) is 26.2 Å². The third-order valence-corrected chi connectivity index (χ3v) is 3.68. The van der Waals surface area contributed by atoms with Crippen LogP contribution >= 0.6 is 0 Å². The lowest BCUT2D eigenvalue weighted by molar-refractivity contribution is -0.138. The van der Waals surface area contributed by atoms with Gasteiger partial charge in [0.25, 0.3) is 0 Å². The summed E-state index contributed by atoms with van der Waals surface area (Å²) in [6.07, 6.45) is 6.63. The van der Waals surface area contributed by atoms with Crippen LogP contribution in [0.3, 0.4) is 0 Å². The molecule has 0 radical (unpaired) electrons. The first kappa shape index (κ1) is 15.7. The molecule has 114 valence electrons. The van der Waals surface area contributed by atoms with Crippen molar-refractivity contribution in [2.45, 2.75) is 25.4 Å². The highest BCUT2D eigenvalue weighted by atomic mass is 16.5. The predicted octanol–water partition coefficient (Wildman–Crippen LogP) is 2.66. The molecular weight excluding hydrogens is 266 g/mol. The van der Waals surface area contributed by atoms with Crippen LogP contribution in [0, 0.1) is 0 Å². The maximum Gasteiger partial charge on any atom is 0.305 e. The summed E-state index contributed by atoms with van der Waals surface area (Å²) in [6, 6.07) is 10.3. The summed E-state index contributed by atoms with van der Waals surface area (Å²) in [7, 11) is 0. The average Bonchev–Trinajstić information content (AvgIpc) is 2.50. The number of nitrogens with zero attached hydrogens (tertiary/aromatic N) is 1. The third-order valence-electron chi connectivity index (χ3n) is 3.68. The Kier molecular flexibility index (Phi) is 6.44. The highest BCUT2D eigenvalue weighted by molar-refractivity contribution is 5.66. The fraction of sp³-hybridized carbons (Fsp3) is 0.471. The number of aliphatic carboxylic acids is 1. The number of rotatable bonds is 7. The van der Waals surface area contributed by atoms with Crippen molar-refractivity contribution < 1.29 is 14.6 Å². The van der Waals surface area contributed by atoms with Gasteiger partial charge in [0.15, 0.2) is 0 Å². The van der Waals surface area contributed by atoms with Crippen LogP contribution in [0.15, 0.2) is 36.4 Å². The molecule has 1 aliphatic rings. The molecule has 1 fully saturated rings. The molecule has 1 N–H and O–H groups in total. The van der Waals surface area contributed by atoms with Gasteiger partial charge in [-0.2, -0.15) is 0 Å². The normalized spacial score (nSPS) is 17.3. The Bertz CT molecular complexity index is 450. The van der Waals surface area contributed by atoms with Gasteiger partial charge < -0.3 is 9.84 Å². The number of hydrogen-bond acceptors (Lipinski definition) is 3. The fourth-order valence-electron chi connectivity index (χ4n) is 2.47. The van der Waals surface area contributed by atoms with Crippen LogP contribution in [0.25, 0.3) is 6.08 Å². The number of likely N-dealkylation sites (tertiary alicyclic amines) is 1. The van der Waals surface area contributed by atoms with Gasteiger partial charge in [0, 0.05) is 19.6 Å². The molecule has 1 saturated heterocycles. The molecule has 0 spiro atoms. The van der Waals surface area contributed by atoms with E-state index >= 15 is 0 Å². The number of carboxylic acids is 1. The van der Waals surface area contributed by atoms with E-state index in [1.807, 2.05) is 18.2 Å². The van der Waals surface area contributed by atoms with Crippen LogP contribution in [0.4, 0.5) is 0 Å². The molecule has 1 aromatic rings. The van der Waals surface area contributed by atoms with Gasteiger partial charge in [-0.05, 0) is 18.4 Å². The Morgan fingerprint density at radius 3 is 2.67 bits per heavy atom. The van der Waals surface area contributed by atoms with Crippen molar-refractivity contribution in [1.29, 1.82) is 0 Å². The Morgan fingerprint density at radius 1 is 1.29 bits per heavy atom. The molecule has 0 amide bonds. The number of carboxylic acid groups (broad SMARTS) is 1. The first-order chi connectivity index (χ1) is 10.2. The summed E-state index contributed by atoms with van der Waals surface area (Å²) < 4.78 is 5.59. The second-order valence-corrected chi connectivity index (χ2v) is 5.33. The smallest absolute Gasteiger partial charge is 0.305 e. The van der Waals surface area contributed by atoms with Crippen molar-refractivity contribution in [3.05, 3.63) is 42.0 Å². The van der Waals surface area contributed by atoms with E-state index in [0.717, 1.165) is 32.5 Å². The highest BCUT2D eigenvalue weighted by Crippen LogP contribution is 2.14. The van der Waals surface area contributed by atoms with Crippen molar-refractivity contribution in [1.82, 2.24) is 4.90 Å². The second-order valence-electron chi connectivity index (χ2n) is 5.33. The fourth-order valence-corrected chi connectivity index (χ4v) is 2.47. The minimum absolute atomic E-state index is 0.0972. The van der Waals surface area contributed by atoms with E-state index in [1.165, 1.54) is 5.56 Å². The minimum Gasteiger partial charge on any atom is -0.481 e. The molecule has 0 saturated carbocycles. The summed E-state index contributed by atoms with van der Waals surface area (Å²) in [5.41, 5.74) is 1.23. The second kappa shape index (κ2) is 8.60. The van der Waals surface area contributed by atoms with Gasteiger partial charge in [-0.1, -0.05) is 42.5 Å². The van der Waals surface area contributed by atoms with Gasteiger partial charge in [-0.25, -0.2) is 0 Å². The van der Waals surface area contributed by atoms with E-state index in [9.17, 15) is 4.79 Å². The molecule has 0 aromatic heterocycles. The maximum absolute atomic E-state index is 10.4. The Balaban J connectivity index is 1.63. The first-order valence-electron chi connectivity index (χ1n) is 7.51. The lowest BCUT2D eigenvalue weighted by Gasteiger charge is -2.31. The van der Waals surface area contributed by atoms with Gasteiger partial charge in [0.2, 0.25) is 0 Å². The molecular formula is C17H23NO3. The average molecular weight is 289 g/mol. The molecule has 2 rings (SSSR count). The molecule has 1 heterocycles. The molecule has 0 aliphatic carbocycles. The standard InChI is InChI=1S/C17H23NO3/c19-17(20)10-14-21-16-8-12-18(13-9-16)11-4-7-15-5-2-1-3-6-15/h1-7,16H,8-14H2,(H,19,20). The largest absolute Gasteiger partial charge is 0.481 e. The monoisotopic (exact) mass is 289 g/mol. The van der Waals surface area contributed by atoms with Crippen LogP contribution < -0.4 is 0 Å². The van der Waals surface area contributed by atoms with E-state index in [0.29, 0.717) is 6.61 Å². The van der Waals surface area contributed by atoms with Gasteiger partial charge >= 0.3 is 5.97 Å². The predicted molar refractivity (Wildman–Crippen MR) is 83.1 cm³/mol. The maximum atomic E-state index is 10.4. The van der Waals surface area contributed by atoms with E-state index in [2.05, 4.69) is 29.2 Å². The Labute approximate surface area is 126 Å². The van der Waals surface area contributed by atoms with Crippen molar-refractivity contribution in [3.8, 4) is 0 Å². The number of carbonyl (C=O) groups is 1. The lowest BCUT2D eigenvalue weighted by Crippen LogP contribution is -2.37. The number of piperidine rings is 1. The summed E-state index contributed by atoms with van der Waals surface area (Å²) in [5.74, 6) is -0.793. The number of benzene rings is 1. The first-order valence-corrected chi connectivity index (χ1v) is 7.51. The summed E-state index contributed by atoms with van der Waals surface area (Å²) >= 11 is 0. The van der Waals surface area contributed by atoms with E-state index in [4.69, 9.17) is 9.84 Å². The van der Waals surface area contributed by atoms with E-state index in [1.54, 1.807) is 0 Å². The molecule has 4 heteroatoms. The van der Waals surface area contributed by atoms with E-state index < -0.39 is 5.97 Å². The summed E-state index contributed by atoms with van der Waals surface area (Å²) in [4.78, 5) is 12.8. The van der Waals surface area contributed by atoms with Crippen molar-refractivity contribution in [3.63, 3.8) is 0 Å². The van der Waals surface area contributed by atoms with Gasteiger partial charge in [0.1, 0.15) is 0 Å². The molecule has 0 unspecified atom stereocenters. The zero-order valence-electron chi connectivity index (χ0n) is 12.3. The quantitative estimate of drug-likeness (QED) is 0.838.